The second kappa shape index (κ2) is 5.69. The molecule has 2 fully saturated rings. The van der Waals surface area contributed by atoms with Crippen LogP contribution in [0.15, 0.2) is 47.3 Å². The van der Waals surface area contributed by atoms with Crippen LogP contribution >= 0.6 is 0 Å². The number of carbonyl (C=O) groups is 1. The average Bonchev–Trinajstić information content (AvgIpc) is 3.47. The number of hydrogen-bond acceptors (Lipinski definition) is 2. The number of nitrogens with one attached hydrogen (secondary N) is 2. The standard InChI is InChI=1S/C19H20N2O2/c22-18-15(10-11-16(20-18)12-4-2-1-3-5-12)19(23)21-17(13-6-7-13)14-8-9-14/h1-5,10-11,13-14,17H,6-9H2,(H,20,22)(H,21,23). The van der Waals surface area contributed by atoms with Crippen LogP contribution in [0.1, 0.15) is 36.0 Å². The number of aromatic nitrogens is 1. The van der Waals surface area contributed by atoms with Crippen molar-refractivity contribution in [2.45, 2.75) is 31.7 Å². The number of pyridine rings is 1. The Morgan fingerprint density at radius 3 is 2.22 bits per heavy atom. The summed E-state index contributed by atoms with van der Waals surface area (Å²) in [5.74, 6) is 0.998. The molecular formula is C19H20N2O2. The highest BCUT2D eigenvalue weighted by Crippen LogP contribution is 2.44. The molecule has 1 heterocycles. The van der Waals surface area contributed by atoms with E-state index in [-0.39, 0.29) is 23.1 Å². The molecule has 0 saturated heterocycles. The van der Waals surface area contributed by atoms with Crippen molar-refractivity contribution in [1.29, 1.82) is 0 Å². The number of H-pyrrole nitrogens is 1. The molecule has 0 spiro atoms. The molecule has 118 valence electrons. The fourth-order valence-corrected chi connectivity index (χ4v) is 3.20. The van der Waals surface area contributed by atoms with Gasteiger partial charge in [0.2, 0.25) is 0 Å². The van der Waals surface area contributed by atoms with Crippen LogP contribution in [-0.2, 0) is 0 Å². The molecular weight excluding hydrogens is 288 g/mol. The van der Waals surface area contributed by atoms with Gasteiger partial charge in [-0.05, 0) is 55.2 Å². The predicted molar refractivity (Wildman–Crippen MR) is 89.2 cm³/mol. The minimum Gasteiger partial charge on any atom is -0.349 e. The van der Waals surface area contributed by atoms with Crippen molar-refractivity contribution in [2.75, 3.05) is 0 Å². The molecule has 2 saturated carbocycles. The first kappa shape index (κ1) is 14.2. The van der Waals surface area contributed by atoms with Gasteiger partial charge in [0.1, 0.15) is 5.56 Å². The van der Waals surface area contributed by atoms with Gasteiger partial charge >= 0.3 is 0 Å². The lowest BCUT2D eigenvalue weighted by Crippen LogP contribution is -2.40. The van der Waals surface area contributed by atoms with Crippen molar-refractivity contribution in [3.63, 3.8) is 0 Å². The van der Waals surface area contributed by atoms with E-state index >= 15 is 0 Å². The molecule has 0 aliphatic heterocycles. The Labute approximate surface area is 134 Å². The Hall–Kier alpha value is -2.36. The van der Waals surface area contributed by atoms with E-state index in [0.29, 0.717) is 11.8 Å². The Morgan fingerprint density at radius 2 is 1.65 bits per heavy atom. The molecule has 1 amide bonds. The summed E-state index contributed by atoms with van der Waals surface area (Å²) >= 11 is 0. The molecule has 1 aromatic heterocycles. The lowest BCUT2D eigenvalue weighted by atomic mass is 10.1. The van der Waals surface area contributed by atoms with Crippen LogP contribution in [-0.4, -0.2) is 16.9 Å². The average molecular weight is 308 g/mol. The predicted octanol–water partition coefficient (Wildman–Crippen LogP) is 2.96. The first-order chi connectivity index (χ1) is 11.2. The molecule has 4 heteroatoms. The maximum atomic E-state index is 12.5. The molecule has 2 N–H and O–H groups in total. The van der Waals surface area contributed by atoms with Gasteiger partial charge in [-0.15, -0.1) is 0 Å². The van der Waals surface area contributed by atoms with Gasteiger partial charge in [-0.1, -0.05) is 30.3 Å². The first-order valence-corrected chi connectivity index (χ1v) is 8.32. The van der Waals surface area contributed by atoms with E-state index < -0.39 is 0 Å². The maximum Gasteiger partial charge on any atom is 0.261 e. The minimum atomic E-state index is -0.325. The molecule has 23 heavy (non-hydrogen) atoms. The summed E-state index contributed by atoms with van der Waals surface area (Å²) in [6, 6.07) is 13.3. The molecule has 0 unspecified atom stereocenters. The van der Waals surface area contributed by atoms with Gasteiger partial charge in [-0.2, -0.15) is 0 Å². The van der Waals surface area contributed by atoms with Gasteiger partial charge in [0, 0.05) is 11.7 Å². The van der Waals surface area contributed by atoms with Crippen molar-refractivity contribution in [1.82, 2.24) is 10.3 Å². The summed E-state index contributed by atoms with van der Waals surface area (Å²) < 4.78 is 0. The van der Waals surface area contributed by atoms with Crippen molar-refractivity contribution >= 4 is 5.91 Å². The van der Waals surface area contributed by atoms with E-state index in [9.17, 15) is 9.59 Å². The fraction of sp³-hybridized carbons (Fsp3) is 0.368. The van der Waals surface area contributed by atoms with Crippen molar-refractivity contribution in [3.8, 4) is 11.3 Å². The second-order valence-corrected chi connectivity index (χ2v) is 6.65. The maximum absolute atomic E-state index is 12.5. The molecule has 2 aliphatic carbocycles. The Kier molecular flexibility index (Phi) is 3.52. The van der Waals surface area contributed by atoms with Gasteiger partial charge in [-0.3, -0.25) is 9.59 Å². The highest BCUT2D eigenvalue weighted by molar-refractivity contribution is 5.94. The third-order valence-corrected chi connectivity index (χ3v) is 4.80. The third-order valence-electron chi connectivity index (χ3n) is 4.80. The van der Waals surface area contributed by atoms with Crippen molar-refractivity contribution in [2.24, 2.45) is 11.8 Å². The highest BCUT2D eigenvalue weighted by atomic mass is 16.2. The first-order valence-electron chi connectivity index (χ1n) is 8.32. The van der Waals surface area contributed by atoms with E-state index in [0.717, 1.165) is 11.3 Å². The third kappa shape index (κ3) is 3.07. The van der Waals surface area contributed by atoms with E-state index in [1.807, 2.05) is 30.3 Å². The fourth-order valence-electron chi connectivity index (χ4n) is 3.20. The molecule has 0 bridgehead atoms. The zero-order valence-corrected chi connectivity index (χ0v) is 12.9. The number of carbonyl (C=O) groups excluding carboxylic acids is 1. The zero-order chi connectivity index (χ0) is 15.8. The molecule has 0 radical (unpaired) electrons. The summed E-state index contributed by atoms with van der Waals surface area (Å²) in [5.41, 5.74) is 1.55. The second-order valence-electron chi connectivity index (χ2n) is 6.65. The van der Waals surface area contributed by atoms with Crippen LogP contribution in [0.5, 0.6) is 0 Å². The van der Waals surface area contributed by atoms with E-state index in [4.69, 9.17) is 0 Å². The quantitative estimate of drug-likeness (QED) is 0.892. The lowest BCUT2D eigenvalue weighted by molar-refractivity contribution is 0.0925. The molecule has 4 nitrogen and oxygen atoms in total. The van der Waals surface area contributed by atoms with Gasteiger partial charge in [0.15, 0.2) is 0 Å². The summed E-state index contributed by atoms with van der Waals surface area (Å²) in [6.07, 6.45) is 4.80. The smallest absolute Gasteiger partial charge is 0.261 e. The number of rotatable bonds is 5. The summed E-state index contributed by atoms with van der Waals surface area (Å²) in [5, 5.41) is 3.10. The summed E-state index contributed by atoms with van der Waals surface area (Å²) in [6.45, 7) is 0. The zero-order valence-electron chi connectivity index (χ0n) is 12.9. The van der Waals surface area contributed by atoms with Crippen LogP contribution in [0.2, 0.25) is 0 Å². The van der Waals surface area contributed by atoms with E-state index in [2.05, 4.69) is 10.3 Å². The summed E-state index contributed by atoms with van der Waals surface area (Å²) in [4.78, 5) is 27.6. The Balaban J connectivity index is 1.54. The monoisotopic (exact) mass is 308 g/mol. The minimum absolute atomic E-state index is 0.205. The molecule has 4 rings (SSSR count). The van der Waals surface area contributed by atoms with Crippen LogP contribution in [0.4, 0.5) is 0 Å². The summed E-state index contributed by atoms with van der Waals surface area (Å²) in [7, 11) is 0. The van der Waals surface area contributed by atoms with Crippen LogP contribution in [0, 0.1) is 11.8 Å². The van der Waals surface area contributed by atoms with Gasteiger partial charge in [0.05, 0.1) is 0 Å². The Bertz CT molecular complexity index is 761. The lowest BCUT2D eigenvalue weighted by Gasteiger charge is -2.17. The largest absolute Gasteiger partial charge is 0.349 e. The van der Waals surface area contributed by atoms with Gasteiger partial charge in [0.25, 0.3) is 11.5 Å². The van der Waals surface area contributed by atoms with Crippen LogP contribution in [0.3, 0.4) is 0 Å². The highest BCUT2D eigenvalue weighted by Gasteiger charge is 2.42. The van der Waals surface area contributed by atoms with Crippen LogP contribution < -0.4 is 10.9 Å². The number of hydrogen-bond donors (Lipinski definition) is 2. The Morgan fingerprint density at radius 1 is 1.00 bits per heavy atom. The normalized spacial score (nSPS) is 17.3. The number of amides is 1. The van der Waals surface area contributed by atoms with E-state index in [1.54, 1.807) is 12.1 Å². The van der Waals surface area contributed by atoms with Crippen LogP contribution in [0.25, 0.3) is 11.3 Å². The van der Waals surface area contributed by atoms with Crippen molar-refractivity contribution in [3.05, 3.63) is 58.4 Å². The number of benzene rings is 1. The molecule has 2 aliphatic rings. The van der Waals surface area contributed by atoms with Gasteiger partial charge < -0.3 is 10.3 Å². The topological polar surface area (TPSA) is 62.0 Å². The molecule has 1 aromatic carbocycles. The van der Waals surface area contributed by atoms with E-state index in [1.165, 1.54) is 25.7 Å². The SMILES string of the molecule is O=C(NC(C1CC1)C1CC1)c1ccc(-c2ccccc2)[nH]c1=O. The van der Waals surface area contributed by atoms with Gasteiger partial charge in [-0.25, -0.2) is 0 Å². The molecule has 2 aromatic rings. The van der Waals surface area contributed by atoms with Crippen molar-refractivity contribution < 1.29 is 4.79 Å². The number of aromatic amines is 1. The molecule has 0 atom stereocenters.